The number of nitrogens with one attached hydrogen (secondary N) is 1. The van der Waals surface area contributed by atoms with Crippen molar-refractivity contribution < 1.29 is 13.9 Å². The molecule has 2 aromatic carbocycles. The molecule has 3 aromatic rings. The van der Waals surface area contributed by atoms with Crippen molar-refractivity contribution in [1.82, 2.24) is 15.3 Å². The number of carbonyl (C=O) groups excluding carboxylic acids is 1. The third-order valence-electron chi connectivity index (χ3n) is 3.22. The Morgan fingerprint density at radius 2 is 1.67 bits per heavy atom. The van der Waals surface area contributed by atoms with Crippen molar-refractivity contribution in [3.05, 3.63) is 84.2 Å². The van der Waals surface area contributed by atoms with E-state index in [1.807, 2.05) is 12.1 Å². The molecule has 120 valence electrons. The topological polar surface area (TPSA) is 64.1 Å². The third-order valence-corrected chi connectivity index (χ3v) is 3.22. The maximum Gasteiger partial charge on any atom is 0.271 e. The number of aromatic nitrogens is 2. The molecule has 0 spiro atoms. The Morgan fingerprint density at radius 1 is 1.00 bits per heavy atom. The molecular formula is C18H14FN3O2. The lowest BCUT2D eigenvalue weighted by atomic mass is 10.2. The maximum absolute atomic E-state index is 12.9. The van der Waals surface area contributed by atoms with Gasteiger partial charge in [-0.15, -0.1) is 0 Å². The Kier molecular flexibility index (Phi) is 4.76. The van der Waals surface area contributed by atoms with Crippen LogP contribution in [0.4, 0.5) is 4.39 Å². The van der Waals surface area contributed by atoms with Crippen LogP contribution in [0.5, 0.6) is 11.5 Å². The molecule has 1 heterocycles. The molecule has 0 saturated heterocycles. The van der Waals surface area contributed by atoms with Crippen LogP contribution in [-0.2, 0) is 6.54 Å². The van der Waals surface area contributed by atoms with Gasteiger partial charge >= 0.3 is 0 Å². The van der Waals surface area contributed by atoms with E-state index in [4.69, 9.17) is 4.74 Å². The zero-order chi connectivity index (χ0) is 16.8. The number of ether oxygens (including phenoxy) is 1. The highest BCUT2D eigenvalue weighted by Gasteiger charge is 2.06. The average Bonchev–Trinajstić information content (AvgIpc) is 2.63. The number of amides is 1. The van der Waals surface area contributed by atoms with Gasteiger partial charge in [0.1, 0.15) is 23.0 Å². The first-order valence-electron chi connectivity index (χ1n) is 7.27. The van der Waals surface area contributed by atoms with Crippen LogP contribution in [-0.4, -0.2) is 15.9 Å². The van der Waals surface area contributed by atoms with Crippen LogP contribution in [0.25, 0.3) is 0 Å². The normalized spacial score (nSPS) is 10.2. The first kappa shape index (κ1) is 15.6. The average molecular weight is 323 g/mol. The van der Waals surface area contributed by atoms with Gasteiger partial charge in [-0.25, -0.2) is 9.37 Å². The van der Waals surface area contributed by atoms with Crippen LogP contribution in [0.3, 0.4) is 0 Å². The van der Waals surface area contributed by atoms with Crippen molar-refractivity contribution in [2.24, 2.45) is 0 Å². The molecule has 3 rings (SSSR count). The molecule has 0 atom stereocenters. The summed E-state index contributed by atoms with van der Waals surface area (Å²) in [5, 5.41) is 2.77. The summed E-state index contributed by atoms with van der Waals surface area (Å²) in [5.41, 5.74) is 1.19. The van der Waals surface area contributed by atoms with E-state index in [0.29, 0.717) is 18.0 Å². The summed E-state index contributed by atoms with van der Waals surface area (Å²) < 4.78 is 18.5. The van der Waals surface area contributed by atoms with Gasteiger partial charge in [0.15, 0.2) is 0 Å². The quantitative estimate of drug-likeness (QED) is 0.782. The van der Waals surface area contributed by atoms with E-state index in [2.05, 4.69) is 15.3 Å². The highest BCUT2D eigenvalue weighted by atomic mass is 19.1. The minimum absolute atomic E-state index is 0.272. The van der Waals surface area contributed by atoms with E-state index in [9.17, 15) is 9.18 Å². The number of hydrogen-bond acceptors (Lipinski definition) is 4. The Morgan fingerprint density at radius 3 is 2.29 bits per heavy atom. The largest absolute Gasteiger partial charge is 0.457 e. The number of rotatable bonds is 5. The predicted molar refractivity (Wildman–Crippen MR) is 86.1 cm³/mol. The van der Waals surface area contributed by atoms with E-state index in [0.717, 1.165) is 5.56 Å². The summed E-state index contributed by atoms with van der Waals surface area (Å²) in [6.07, 6.45) is 4.39. The summed E-state index contributed by atoms with van der Waals surface area (Å²) in [6, 6.07) is 13.1. The first-order valence-corrected chi connectivity index (χ1v) is 7.27. The molecule has 1 amide bonds. The Labute approximate surface area is 138 Å². The van der Waals surface area contributed by atoms with Crippen molar-refractivity contribution in [2.45, 2.75) is 6.54 Å². The highest BCUT2D eigenvalue weighted by Crippen LogP contribution is 2.21. The van der Waals surface area contributed by atoms with Gasteiger partial charge in [-0.3, -0.25) is 9.78 Å². The third kappa shape index (κ3) is 4.13. The molecule has 0 unspecified atom stereocenters. The Balaban J connectivity index is 1.56. The molecule has 0 fully saturated rings. The van der Waals surface area contributed by atoms with Gasteiger partial charge in [0.25, 0.3) is 5.91 Å². The van der Waals surface area contributed by atoms with Crippen molar-refractivity contribution in [3.8, 4) is 11.5 Å². The smallest absolute Gasteiger partial charge is 0.271 e. The first-order chi connectivity index (χ1) is 11.7. The van der Waals surface area contributed by atoms with Crippen LogP contribution in [0.15, 0.2) is 67.1 Å². The summed E-state index contributed by atoms with van der Waals surface area (Å²) in [7, 11) is 0. The fourth-order valence-corrected chi connectivity index (χ4v) is 2.00. The second-order valence-corrected chi connectivity index (χ2v) is 4.97. The van der Waals surface area contributed by atoms with E-state index in [1.54, 1.807) is 24.3 Å². The molecule has 1 aromatic heterocycles. The molecule has 6 heteroatoms. The molecule has 0 aliphatic rings. The van der Waals surface area contributed by atoms with E-state index >= 15 is 0 Å². The monoisotopic (exact) mass is 323 g/mol. The van der Waals surface area contributed by atoms with Gasteiger partial charge in [-0.1, -0.05) is 12.1 Å². The number of carbonyl (C=O) groups is 1. The van der Waals surface area contributed by atoms with Crippen molar-refractivity contribution in [1.29, 1.82) is 0 Å². The second-order valence-electron chi connectivity index (χ2n) is 4.97. The van der Waals surface area contributed by atoms with Crippen LogP contribution >= 0.6 is 0 Å². The lowest BCUT2D eigenvalue weighted by Crippen LogP contribution is -2.23. The summed E-state index contributed by atoms with van der Waals surface area (Å²) in [5.74, 6) is 0.594. The van der Waals surface area contributed by atoms with Crippen molar-refractivity contribution >= 4 is 5.91 Å². The zero-order valence-corrected chi connectivity index (χ0v) is 12.6. The SMILES string of the molecule is O=C(NCc1ccc(Oc2ccc(F)cc2)cc1)c1cnccn1. The number of hydrogen-bond donors (Lipinski definition) is 1. The van der Waals surface area contributed by atoms with E-state index < -0.39 is 0 Å². The minimum atomic E-state index is -0.309. The fraction of sp³-hybridized carbons (Fsp3) is 0.0556. The lowest BCUT2D eigenvalue weighted by molar-refractivity contribution is 0.0945. The van der Waals surface area contributed by atoms with Gasteiger partial charge in [-0.05, 0) is 42.0 Å². The fourth-order valence-electron chi connectivity index (χ4n) is 2.00. The maximum atomic E-state index is 12.9. The summed E-state index contributed by atoms with van der Waals surface area (Å²) in [4.78, 5) is 19.7. The molecule has 0 aliphatic heterocycles. The Bertz CT molecular complexity index is 806. The van der Waals surface area contributed by atoms with Crippen LogP contribution < -0.4 is 10.1 Å². The molecule has 0 saturated carbocycles. The standard InChI is InChI=1S/C18H14FN3O2/c19-14-3-7-16(8-4-14)24-15-5-1-13(2-6-15)11-22-18(23)17-12-20-9-10-21-17/h1-10,12H,11H2,(H,22,23). The van der Waals surface area contributed by atoms with E-state index in [1.165, 1.54) is 30.7 Å². The molecule has 24 heavy (non-hydrogen) atoms. The van der Waals surface area contributed by atoms with Crippen LogP contribution in [0.1, 0.15) is 16.1 Å². The van der Waals surface area contributed by atoms with Gasteiger partial charge in [0.05, 0.1) is 6.20 Å². The zero-order valence-electron chi connectivity index (χ0n) is 12.6. The highest BCUT2D eigenvalue weighted by molar-refractivity contribution is 5.91. The van der Waals surface area contributed by atoms with Gasteiger partial charge in [0, 0.05) is 18.9 Å². The van der Waals surface area contributed by atoms with Crippen LogP contribution in [0.2, 0.25) is 0 Å². The number of benzene rings is 2. The Hall–Kier alpha value is -3.28. The number of nitrogens with zero attached hydrogens (tertiary/aromatic N) is 2. The molecule has 0 radical (unpaired) electrons. The second kappa shape index (κ2) is 7.32. The molecule has 1 N–H and O–H groups in total. The molecular weight excluding hydrogens is 309 g/mol. The lowest BCUT2D eigenvalue weighted by Gasteiger charge is -2.08. The van der Waals surface area contributed by atoms with Crippen LogP contribution in [0, 0.1) is 5.82 Å². The van der Waals surface area contributed by atoms with Crippen molar-refractivity contribution in [3.63, 3.8) is 0 Å². The van der Waals surface area contributed by atoms with Gasteiger partial charge in [0.2, 0.25) is 0 Å². The number of halogens is 1. The summed E-state index contributed by atoms with van der Waals surface area (Å²) >= 11 is 0. The molecule has 0 aliphatic carbocycles. The minimum Gasteiger partial charge on any atom is -0.457 e. The molecule has 0 bridgehead atoms. The van der Waals surface area contributed by atoms with Gasteiger partial charge in [-0.2, -0.15) is 0 Å². The van der Waals surface area contributed by atoms with Crippen molar-refractivity contribution in [2.75, 3.05) is 0 Å². The van der Waals surface area contributed by atoms with E-state index in [-0.39, 0.29) is 17.4 Å². The predicted octanol–water partition coefficient (Wildman–Crippen LogP) is 3.34. The van der Waals surface area contributed by atoms with Gasteiger partial charge < -0.3 is 10.1 Å². The summed E-state index contributed by atoms with van der Waals surface area (Å²) in [6.45, 7) is 0.367. The molecule has 5 nitrogen and oxygen atoms in total.